The maximum absolute atomic E-state index is 6.03. The lowest BCUT2D eigenvalue weighted by molar-refractivity contribution is 0.350. The number of thiophene rings is 1. The second kappa shape index (κ2) is 5.33. The van der Waals surface area contributed by atoms with Crippen LogP contribution in [0.25, 0.3) is 0 Å². The van der Waals surface area contributed by atoms with Gasteiger partial charge in [0, 0.05) is 29.6 Å². The van der Waals surface area contributed by atoms with Crippen LogP contribution in [0.15, 0.2) is 34.6 Å². The minimum atomic E-state index is -0.315. The van der Waals surface area contributed by atoms with E-state index in [-0.39, 0.29) is 6.04 Å². The maximum atomic E-state index is 6.03. The monoisotopic (exact) mass is 275 g/mol. The van der Waals surface area contributed by atoms with Gasteiger partial charge in [0.1, 0.15) is 0 Å². The molecule has 0 aliphatic carbocycles. The molecular weight excluding hydrogens is 262 g/mol. The van der Waals surface area contributed by atoms with E-state index in [0.29, 0.717) is 24.6 Å². The fourth-order valence-corrected chi connectivity index (χ4v) is 2.48. The second-order valence-corrected chi connectivity index (χ2v) is 5.22. The first-order valence-corrected chi connectivity index (χ1v) is 6.77. The minimum Gasteiger partial charge on any atom is -0.348 e. The highest BCUT2D eigenvalue weighted by molar-refractivity contribution is 7.09. The molecule has 0 spiro atoms. The van der Waals surface area contributed by atoms with Crippen molar-refractivity contribution in [2.75, 3.05) is 0 Å². The van der Waals surface area contributed by atoms with Gasteiger partial charge in [0.05, 0.1) is 12.4 Å². The van der Waals surface area contributed by atoms with Gasteiger partial charge in [0.25, 0.3) is 0 Å². The molecule has 0 saturated heterocycles. The van der Waals surface area contributed by atoms with E-state index in [9.17, 15) is 0 Å². The lowest BCUT2D eigenvalue weighted by Crippen LogP contribution is -2.14. The Morgan fingerprint density at radius 1 is 1.47 bits per heavy atom. The average Bonchev–Trinajstić information content (AvgIpc) is 3.10. The first kappa shape index (κ1) is 12.1. The van der Waals surface area contributed by atoms with Crippen LogP contribution in [0, 0.1) is 0 Å². The number of nitrogens with one attached hydrogen (secondary N) is 1. The Morgan fingerprint density at radius 2 is 2.42 bits per heavy atom. The Bertz CT molecular complexity index is 616. The van der Waals surface area contributed by atoms with Crippen LogP contribution >= 0.6 is 11.3 Å². The number of nitrogens with two attached hydrogens (primary N) is 1. The van der Waals surface area contributed by atoms with Gasteiger partial charge >= 0.3 is 0 Å². The predicted octanol–water partition coefficient (Wildman–Crippen LogP) is 1.69. The Kier molecular flexibility index (Phi) is 3.39. The Balaban J connectivity index is 1.67. The summed E-state index contributed by atoms with van der Waals surface area (Å²) in [6, 6.07) is 3.74. The standard InChI is InChI=1S/C12H13N5OS/c13-10(4-8-6-14-7-15-8)12-16-11(17-18-12)5-9-2-1-3-19-9/h1-3,6-7,10H,4-5,13H2,(H,14,15). The van der Waals surface area contributed by atoms with Crippen LogP contribution in [0.2, 0.25) is 0 Å². The van der Waals surface area contributed by atoms with E-state index in [1.807, 2.05) is 17.5 Å². The van der Waals surface area contributed by atoms with Crippen LogP contribution in [-0.4, -0.2) is 20.1 Å². The van der Waals surface area contributed by atoms with Crippen molar-refractivity contribution in [3.8, 4) is 0 Å². The lowest BCUT2D eigenvalue weighted by atomic mass is 10.2. The summed E-state index contributed by atoms with van der Waals surface area (Å²) in [6.07, 6.45) is 4.64. The van der Waals surface area contributed by atoms with E-state index in [2.05, 4.69) is 20.1 Å². The highest BCUT2D eigenvalue weighted by Gasteiger charge is 2.16. The first-order valence-electron chi connectivity index (χ1n) is 5.89. The van der Waals surface area contributed by atoms with Gasteiger partial charge in [0.2, 0.25) is 5.89 Å². The quantitative estimate of drug-likeness (QED) is 0.739. The van der Waals surface area contributed by atoms with E-state index in [1.165, 1.54) is 4.88 Å². The van der Waals surface area contributed by atoms with Gasteiger partial charge in [-0.1, -0.05) is 11.2 Å². The molecule has 19 heavy (non-hydrogen) atoms. The van der Waals surface area contributed by atoms with Gasteiger partial charge in [0.15, 0.2) is 5.82 Å². The third-order valence-electron chi connectivity index (χ3n) is 2.71. The molecule has 0 aliphatic rings. The molecule has 98 valence electrons. The fraction of sp³-hybridized carbons (Fsp3) is 0.250. The molecule has 3 aromatic rings. The Morgan fingerprint density at radius 3 is 3.16 bits per heavy atom. The number of rotatable bonds is 5. The van der Waals surface area contributed by atoms with Crippen LogP contribution in [0.1, 0.15) is 28.3 Å². The van der Waals surface area contributed by atoms with Gasteiger partial charge in [-0.2, -0.15) is 4.98 Å². The van der Waals surface area contributed by atoms with E-state index >= 15 is 0 Å². The van der Waals surface area contributed by atoms with Crippen molar-refractivity contribution in [3.63, 3.8) is 0 Å². The van der Waals surface area contributed by atoms with Crippen molar-refractivity contribution in [1.82, 2.24) is 20.1 Å². The summed E-state index contributed by atoms with van der Waals surface area (Å²) in [4.78, 5) is 12.5. The van der Waals surface area contributed by atoms with Gasteiger partial charge in [-0.25, -0.2) is 4.98 Å². The zero-order chi connectivity index (χ0) is 13.1. The first-order chi connectivity index (χ1) is 9.31. The molecule has 3 aromatic heterocycles. The molecular formula is C12H13N5OS. The molecule has 0 bridgehead atoms. The fourth-order valence-electron chi connectivity index (χ4n) is 1.78. The van der Waals surface area contributed by atoms with Crippen molar-refractivity contribution < 1.29 is 4.52 Å². The van der Waals surface area contributed by atoms with Crippen LogP contribution in [-0.2, 0) is 12.8 Å². The molecule has 6 nitrogen and oxygen atoms in total. The van der Waals surface area contributed by atoms with Gasteiger partial charge in [-0.05, 0) is 11.4 Å². The summed E-state index contributed by atoms with van der Waals surface area (Å²) < 4.78 is 5.21. The summed E-state index contributed by atoms with van der Waals surface area (Å²) in [7, 11) is 0. The van der Waals surface area contributed by atoms with E-state index in [1.54, 1.807) is 23.9 Å². The number of aromatic nitrogens is 4. The molecule has 0 amide bonds. The number of hydrogen-bond donors (Lipinski definition) is 2. The summed E-state index contributed by atoms with van der Waals surface area (Å²) in [6.45, 7) is 0. The van der Waals surface area contributed by atoms with Crippen molar-refractivity contribution >= 4 is 11.3 Å². The normalized spacial score (nSPS) is 12.7. The molecule has 1 atom stereocenters. The number of aromatic amines is 1. The van der Waals surface area contributed by atoms with Crippen molar-refractivity contribution in [1.29, 1.82) is 0 Å². The lowest BCUT2D eigenvalue weighted by Gasteiger charge is -2.03. The summed E-state index contributed by atoms with van der Waals surface area (Å²) in [5, 5.41) is 5.98. The Hall–Kier alpha value is -1.99. The Labute approximate surface area is 113 Å². The summed E-state index contributed by atoms with van der Waals surface area (Å²) >= 11 is 1.67. The van der Waals surface area contributed by atoms with Crippen LogP contribution in [0.5, 0.6) is 0 Å². The highest BCUT2D eigenvalue weighted by atomic mass is 32.1. The number of imidazole rings is 1. The van der Waals surface area contributed by atoms with Crippen molar-refractivity contribution in [2.45, 2.75) is 18.9 Å². The van der Waals surface area contributed by atoms with Crippen LogP contribution in [0.4, 0.5) is 0 Å². The van der Waals surface area contributed by atoms with Gasteiger partial charge < -0.3 is 15.2 Å². The molecule has 3 heterocycles. The molecule has 0 fully saturated rings. The zero-order valence-electron chi connectivity index (χ0n) is 10.1. The molecule has 0 saturated carbocycles. The smallest absolute Gasteiger partial charge is 0.243 e. The molecule has 0 radical (unpaired) electrons. The van der Waals surface area contributed by atoms with Crippen LogP contribution < -0.4 is 5.73 Å². The summed E-state index contributed by atoms with van der Waals surface area (Å²) in [5.74, 6) is 1.12. The molecule has 7 heteroatoms. The van der Waals surface area contributed by atoms with Crippen LogP contribution in [0.3, 0.4) is 0 Å². The number of H-pyrrole nitrogens is 1. The third kappa shape index (κ3) is 2.88. The SMILES string of the molecule is NC(Cc1cnc[nH]1)c1nc(Cc2cccs2)no1. The van der Waals surface area contributed by atoms with Gasteiger partial charge in [-0.3, -0.25) is 0 Å². The van der Waals surface area contributed by atoms with E-state index in [0.717, 1.165) is 5.69 Å². The molecule has 1 unspecified atom stereocenters. The van der Waals surface area contributed by atoms with Crippen molar-refractivity contribution in [3.05, 3.63) is 52.3 Å². The molecule has 0 aliphatic heterocycles. The maximum Gasteiger partial charge on any atom is 0.243 e. The summed E-state index contributed by atoms with van der Waals surface area (Å²) in [5.41, 5.74) is 6.98. The minimum absolute atomic E-state index is 0.315. The zero-order valence-corrected chi connectivity index (χ0v) is 10.9. The molecule has 3 rings (SSSR count). The number of nitrogens with zero attached hydrogens (tertiary/aromatic N) is 3. The van der Waals surface area contributed by atoms with Gasteiger partial charge in [-0.15, -0.1) is 11.3 Å². The second-order valence-electron chi connectivity index (χ2n) is 4.19. The van der Waals surface area contributed by atoms with E-state index in [4.69, 9.17) is 10.3 Å². The highest BCUT2D eigenvalue weighted by Crippen LogP contribution is 2.16. The van der Waals surface area contributed by atoms with E-state index < -0.39 is 0 Å². The largest absolute Gasteiger partial charge is 0.348 e. The predicted molar refractivity (Wildman–Crippen MR) is 70.6 cm³/mol. The van der Waals surface area contributed by atoms with Crippen molar-refractivity contribution in [2.24, 2.45) is 5.73 Å². The number of hydrogen-bond acceptors (Lipinski definition) is 6. The molecule has 0 aromatic carbocycles. The molecule has 3 N–H and O–H groups in total. The average molecular weight is 275 g/mol. The topological polar surface area (TPSA) is 93.6 Å². The third-order valence-corrected chi connectivity index (χ3v) is 3.58.